The summed E-state index contributed by atoms with van der Waals surface area (Å²) in [5, 5.41) is 10.7. The average Bonchev–Trinajstić information content (AvgIpc) is 2.26. The average molecular weight is 398 g/mol. The van der Waals surface area contributed by atoms with Crippen LogP contribution in [-0.2, 0) is 0 Å². The molecule has 1 aromatic carbocycles. The van der Waals surface area contributed by atoms with E-state index in [0.29, 0.717) is 9.86 Å². The van der Waals surface area contributed by atoms with Gasteiger partial charge in [-0.25, -0.2) is 0 Å². The van der Waals surface area contributed by atoms with E-state index in [1.807, 2.05) is 22.6 Å². The number of carbonyl (C=O) groups is 2. The predicted molar refractivity (Wildman–Crippen MR) is 69.3 cm³/mol. The van der Waals surface area contributed by atoms with Crippen molar-refractivity contribution in [2.24, 2.45) is 0 Å². The Labute approximate surface area is 113 Å². The van der Waals surface area contributed by atoms with Crippen molar-refractivity contribution >= 4 is 56.3 Å². The molecular formula is C9H5BrINO4. The molecule has 0 aliphatic carbocycles. The maximum atomic E-state index is 11.5. The van der Waals surface area contributed by atoms with Gasteiger partial charge in [0.05, 0.1) is 10.3 Å². The summed E-state index contributed by atoms with van der Waals surface area (Å²) in [5.74, 6) is -0.358. The van der Waals surface area contributed by atoms with Crippen molar-refractivity contribution in [1.82, 2.24) is 0 Å². The zero-order chi connectivity index (χ0) is 12.3. The van der Waals surface area contributed by atoms with E-state index in [9.17, 15) is 19.7 Å². The summed E-state index contributed by atoms with van der Waals surface area (Å²) in [5.41, 5.74) is -0.438. The van der Waals surface area contributed by atoms with Crippen molar-refractivity contribution in [2.75, 3.05) is 5.33 Å². The fourth-order valence-electron chi connectivity index (χ4n) is 1.18. The van der Waals surface area contributed by atoms with Crippen molar-refractivity contribution in [1.29, 1.82) is 0 Å². The van der Waals surface area contributed by atoms with Gasteiger partial charge in [-0.1, -0.05) is 15.9 Å². The number of ketones is 1. The number of nitro benzene ring substituents is 1. The van der Waals surface area contributed by atoms with Crippen molar-refractivity contribution in [3.05, 3.63) is 36.9 Å². The third-order valence-electron chi connectivity index (χ3n) is 1.86. The molecule has 0 aromatic heterocycles. The summed E-state index contributed by atoms with van der Waals surface area (Å²) in [6.45, 7) is 0. The Balaban J connectivity index is 3.54. The highest BCUT2D eigenvalue weighted by Crippen LogP contribution is 2.25. The number of rotatable bonds is 4. The molecule has 0 spiro atoms. The van der Waals surface area contributed by atoms with Crippen molar-refractivity contribution in [3.8, 4) is 0 Å². The lowest BCUT2D eigenvalue weighted by molar-refractivity contribution is -0.385. The summed E-state index contributed by atoms with van der Waals surface area (Å²) >= 11 is 4.82. The third-order valence-corrected chi connectivity index (χ3v) is 2.99. The number of Topliss-reactive ketones (excluding diaryl/α,β-unsaturated/α-hetero) is 1. The first-order chi connectivity index (χ1) is 7.51. The molecule has 0 radical (unpaired) electrons. The van der Waals surface area contributed by atoms with Gasteiger partial charge in [-0.2, -0.15) is 0 Å². The largest absolute Gasteiger partial charge is 0.298 e. The Kier molecular flexibility index (Phi) is 4.54. The highest BCUT2D eigenvalue weighted by Gasteiger charge is 2.21. The lowest BCUT2D eigenvalue weighted by atomic mass is 10.0. The van der Waals surface area contributed by atoms with Gasteiger partial charge in [-0.3, -0.25) is 19.7 Å². The van der Waals surface area contributed by atoms with Gasteiger partial charge in [-0.15, -0.1) is 0 Å². The van der Waals surface area contributed by atoms with Crippen LogP contribution >= 0.6 is 38.5 Å². The van der Waals surface area contributed by atoms with E-state index in [1.54, 1.807) is 0 Å². The zero-order valence-corrected chi connectivity index (χ0v) is 11.5. The number of nitrogens with zero attached hydrogens (tertiary/aromatic N) is 1. The minimum atomic E-state index is -0.670. The number of alkyl halides is 1. The molecule has 0 fully saturated rings. The van der Waals surface area contributed by atoms with Crippen LogP contribution in [0.25, 0.3) is 0 Å². The van der Waals surface area contributed by atoms with Gasteiger partial charge in [0.25, 0.3) is 5.69 Å². The van der Waals surface area contributed by atoms with Crippen molar-refractivity contribution < 1.29 is 14.5 Å². The van der Waals surface area contributed by atoms with Gasteiger partial charge in [0.2, 0.25) is 0 Å². The van der Waals surface area contributed by atoms with E-state index in [-0.39, 0.29) is 27.9 Å². The van der Waals surface area contributed by atoms with Gasteiger partial charge >= 0.3 is 0 Å². The number of hydrogen-bond acceptors (Lipinski definition) is 4. The molecule has 0 atom stereocenters. The van der Waals surface area contributed by atoms with Gasteiger partial charge in [0.1, 0.15) is 5.56 Å². The molecule has 0 aliphatic rings. The van der Waals surface area contributed by atoms with E-state index >= 15 is 0 Å². The standard InChI is InChI=1S/C9H5BrINO4/c10-3-9(14)6-1-5(11)2-8(12(15)16)7(6)4-13/h1-2,4H,3H2. The number of hydrogen-bond donors (Lipinski definition) is 0. The molecule has 1 aromatic rings. The van der Waals surface area contributed by atoms with Crippen LogP contribution < -0.4 is 0 Å². The van der Waals surface area contributed by atoms with Gasteiger partial charge in [-0.05, 0) is 28.7 Å². The molecule has 0 aliphatic heterocycles. The molecule has 5 nitrogen and oxygen atoms in total. The Morgan fingerprint density at radius 3 is 2.62 bits per heavy atom. The second-order valence-electron chi connectivity index (χ2n) is 2.82. The molecule has 0 heterocycles. The van der Waals surface area contributed by atoms with Crippen LogP contribution in [0.5, 0.6) is 0 Å². The summed E-state index contributed by atoms with van der Waals surface area (Å²) < 4.78 is 0.541. The number of aldehydes is 1. The molecule has 84 valence electrons. The molecule has 16 heavy (non-hydrogen) atoms. The fourth-order valence-corrected chi connectivity index (χ4v) is 2.09. The lowest BCUT2D eigenvalue weighted by Gasteiger charge is -2.03. The monoisotopic (exact) mass is 397 g/mol. The molecule has 0 bridgehead atoms. The predicted octanol–water partition coefficient (Wildman–Crippen LogP) is 2.59. The lowest BCUT2D eigenvalue weighted by Crippen LogP contribution is -2.08. The quantitative estimate of drug-likeness (QED) is 0.195. The van der Waals surface area contributed by atoms with Gasteiger partial charge in [0.15, 0.2) is 12.1 Å². The van der Waals surface area contributed by atoms with Crippen molar-refractivity contribution in [2.45, 2.75) is 0 Å². The minimum Gasteiger partial charge on any atom is -0.298 e. The maximum absolute atomic E-state index is 11.5. The molecule has 0 unspecified atom stereocenters. The van der Waals surface area contributed by atoms with Gasteiger partial charge < -0.3 is 0 Å². The van der Waals surface area contributed by atoms with Crippen LogP contribution in [0, 0.1) is 13.7 Å². The molecule has 0 saturated heterocycles. The molecule has 0 N–H and O–H groups in total. The molecular weight excluding hydrogens is 393 g/mol. The smallest absolute Gasteiger partial charge is 0.281 e. The third kappa shape index (κ3) is 2.64. The highest BCUT2D eigenvalue weighted by atomic mass is 127. The fraction of sp³-hybridized carbons (Fsp3) is 0.111. The van der Waals surface area contributed by atoms with Crippen LogP contribution in [0.15, 0.2) is 12.1 Å². The highest BCUT2D eigenvalue weighted by molar-refractivity contribution is 14.1. The summed E-state index contributed by atoms with van der Waals surface area (Å²) in [6, 6.07) is 2.72. The Bertz CT molecular complexity index is 475. The normalized spacial score (nSPS) is 9.88. The van der Waals surface area contributed by atoms with E-state index in [1.165, 1.54) is 12.1 Å². The molecule has 0 saturated carbocycles. The summed E-state index contributed by atoms with van der Waals surface area (Å²) in [4.78, 5) is 32.3. The first-order valence-corrected chi connectivity index (χ1v) is 6.23. The van der Waals surface area contributed by atoms with Crippen LogP contribution in [0.3, 0.4) is 0 Å². The topological polar surface area (TPSA) is 77.3 Å². The number of benzene rings is 1. The Hall–Kier alpha value is -0.830. The summed E-state index contributed by atoms with van der Waals surface area (Å²) in [6.07, 6.45) is 0.337. The van der Waals surface area contributed by atoms with Gasteiger partial charge in [0, 0.05) is 15.2 Å². The first kappa shape index (κ1) is 13.2. The molecule has 0 amide bonds. The first-order valence-electron chi connectivity index (χ1n) is 4.03. The molecule has 1 rings (SSSR count). The zero-order valence-electron chi connectivity index (χ0n) is 7.78. The van der Waals surface area contributed by atoms with Crippen LogP contribution in [0.1, 0.15) is 20.7 Å². The van der Waals surface area contributed by atoms with E-state index < -0.39 is 4.92 Å². The van der Waals surface area contributed by atoms with E-state index in [4.69, 9.17) is 0 Å². The van der Waals surface area contributed by atoms with Crippen LogP contribution in [0.2, 0.25) is 0 Å². The van der Waals surface area contributed by atoms with E-state index in [0.717, 1.165) is 0 Å². The maximum Gasteiger partial charge on any atom is 0.281 e. The minimum absolute atomic E-state index is 0.0189. The SMILES string of the molecule is O=Cc1c(C(=O)CBr)cc(I)cc1[N+](=O)[O-]. The van der Waals surface area contributed by atoms with Crippen molar-refractivity contribution in [3.63, 3.8) is 0 Å². The number of nitro groups is 1. The number of halogens is 2. The Morgan fingerprint density at radius 1 is 1.56 bits per heavy atom. The summed E-state index contributed by atoms with van der Waals surface area (Å²) in [7, 11) is 0. The second-order valence-corrected chi connectivity index (χ2v) is 4.62. The van der Waals surface area contributed by atoms with E-state index in [2.05, 4.69) is 15.9 Å². The van der Waals surface area contributed by atoms with Crippen LogP contribution in [0.4, 0.5) is 5.69 Å². The van der Waals surface area contributed by atoms with Crippen LogP contribution in [-0.4, -0.2) is 22.3 Å². The number of carbonyl (C=O) groups excluding carboxylic acids is 2. The second kappa shape index (κ2) is 5.48. The molecule has 7 heteroatoms. The Morgan fingerprint density at radius 2 is 2.19 bits per heavy atom.